The minimum absolute atomic E-state index is 0.338. The fourth-order valence-corrected chi connectivity index (χ4v) is 2.67. The van der Waals surface area contributed by atoms with Gasteiger partial charge in [-0.25, -0.2) is 0 Å². The van der Waals surface area contributed by atoms with Crippen molar-refractivity contribution in [2.45, 2.75) is 65.6 Å². The van der Waals surface area contributed by atoms with Crippen LogP contribution in [0.4, 0.5) is 0 Å². The number of hydrogen-bond donors (Lipinski definition) is 0. The lowest BCUT2D eigenvalue weighted by atomic mass is 10.1. The maximum Gasteiger partial charge on any atom is 0.0238 e. The molecule has 0 spiro atoms. The zero-order chi connectivity index (χ0) is 11.6. The molecule has 0 saturated carbocycles. The van der Waals surface area contributed by atoms with Crippen LogP contribution < -0.4 is 0 Å². The summed E-state index contributed by atoms with van der Waals surface area (Å²) in [6.45, 7) is 17.5. The second-order valence-corrected chi connectivity index (χ2v) is 5.98. The van der Waals surface area contributed by atoms with Gasteiger partial charge in [0, 0.05) is 30.7 Å². The molecule has 1 atom stereocenters. The van der Waals surface area contributed by atoms with Gasteiger partial charge in [0.1, 0.15) is 0 Å². The van der Waals surface area contributed by atoms with E-state index in [1.54, 1.807) is 0 Å². The molecule has 2 heteroatoms. The predicted octanol–water partition coefficient (Wildman–Crippen LogP) is 2.59. The largest absolute Gasteiger partial charge is 0.297 e. The third-order valence-electron chi connectivity index (χ3n) is 3.61. The number of rotatable bonds is 3. The van der Waals surface area contributed by atoms with Gasteiger partial charge in [-0.05, 0) is 47.6 Å². The highest BCUT2D eigenvalue weighted by Gasteiger charge is 2.33. The zero-order valence-electron chi connectivity index (χ0n) is 11.4. The van der Waals surface area contributed by atoms with E-state index in [-0.39, 0.29) is 0 Å². The molecule has 0 radical (unpaired) electrons. The van der Waals surface area contributed by atoms with Crippen LogP contribution >= 0.6 is 0 Å². The van der Waals surface area contributed by atoms with Crippen molar-refractivity contribution < 1.29 is 0 Å². The van der Waals surface area contributed by atoms with E-state index >= 15 is 0 Å². The standard InChI is InChI=1S/C13H28N2/c1-7-15(11(2)3)12-8-9-14(10-12)13(4,5)6/h11-12H,7-10H2,1-6H3. The Bertz CT molecular complexity index is 193. The molecule has 1 aliphatic heterocycles. The van der Waals surface area contributed by atoms with Gasteiger partial charge in [-0.3, -0.25) is 9.80 Å². The van der Waals surface area contributed by atoms with E-state index < -0.39 is 0 Å². The second kappa shape index (κ2) is 4.84. The maximum absolute atomic E-state index is 2.63. The van der Waals surface area contributed by atoms with Crippen LogP contribution in [0.15, 0.2) is 0 Å². The summed E-state index contributed by atoms with van der Waals surface area (Å²) in [6.07, 6.45) is 1.34. The molecule has 0 N–H and O–H groups in total. The summed E-state index contributed by atoms with van der Waals surface area (Å²) in [5.41, 5.74) is 0.338. The molecular weight excluding hydrogens is 184 g/mol. The smallest absolute Gasteiger partial charge is 0.0238 e. The van der Waals surface area contributed by atoms with Gasteiger partial charge >= 0.3 is 0 Å². The molecular formula is C13H28N2. The van der Waals surface area contributed by atoms with Gasteiger partial charge in [0.15, 0.2) is 0 Å². The first-order valence-corrected chi connectivity index (χ1v) is 6.37. The summed E-state index contributed by atoms with van der Waals surface area (Å²) >= 11 is 0. The van der Waals surface area contributed by atoms with Crippen molar-refractivity contribution >= 4 is 0 Å². The first-order valence-electron chi connectivity index (χ1n) is 6.37. The van der Waals surface area contributed by atoms with Crippen LogP contribution in [0.5, 0.6) is 0 Å². The number of likely N-dealkylation sites (N-methyl/N-ethyl adjacent to an activating group) is 1. The van der Waals surface area contributed by atoms with Gasteiger partial charge in [-0.15, -0.1) is 0 Å². The topological polar surface area (TPSA) is 6.48 Å². The van der Waals surface area contributed by atoms with Crippen molar-refractivity contribution in [1.29, 1.82) is 0 Å². The first-order chi connectivity index (χ1) is 6.86. The lowest BCUT2D eigenvalue weighted by molar-refractivity contribution is 0.128. The Hall–Kier alpha value is -0.0800. The highest BCUT2D eigenvalue weighted by molar-refractivity contribution is 4.90. The third kappa shape index (κ3) is 3.18. The minimum atomic E-state index is 0.338. The average molecular weight is 212 g/mol. The van der Waals surface area contributed by atoms with Crippen LogP contribution in [0.3, 0.4) is 0 Å². The molecule has 0 aromatic carbocycles. The van der Waals surface area contributed by atoms with Gasteiger partial charge in [-0.2, -0.15) is 0 Å². The molecule has 1 fully saturated rings. The van der Waals surface area contributed by atoms with Crippen molar-refractivity contribution in [3.63, 3.8) is 0 Å². The Morgan fingerprint density at radius 1 is 1.33 bits per heavy atom. The van der Waals surface area contributed by atoms with Crippen molar-refractivity contribution in [2.75, 3.05) is 19.6 Å². The van der Waals surface area contributed by atoms with Crippen LogP contribution in [0.25, 0.3) is 0 Å². The quantitative estimate of drug-likeness (QED) is 0.709. The van der Waals surface area contributed by atoms with E-state index in [9.17, 15) is 0 Å². The number of hydrogen-bond acceptors (Lipinski definition) is 2. The average Bonchev–Trinajstić information content (AvgIpc) is 2.52. The third-order valence-corrected chi connectivity index (χ3v) is 3.61. The van der Waals surface area contributed by atoms with Gasteiger partial charge in [-0.1, -0.05) is 6.92 Å². The summed E-state index contributed by atoms with van der Waals surface area (Å²) < 4.78 is 0. The Morgan fingerprint density at radius 2 is 1.93 bits per heavy atom. The van der Waals surface area contributed by atoms with Gasteiger partial charge in [0.05, 0.1) is 0 Å². The van der Waals surface area contributed by atoms with E-state index in [1.165, 1.54) is 26.1 Å². The molecule has 1 aliphatic rings. The molecule has 1 saturated heterocycles. The molecule has 1 rings (SSSR count). The van der Waals surface area contributed by atoms with Crippen LogP contribution in [0.1, 0.15) is 48.0 Å². The number of nitrogens with zero attached hydrogens (tertiary/aromatic N) is 2. The monoisotopic (exact) mass is 212 g/mol. The summed E-state index contributed by atoms with van der Waals surface area (Å²) in [6, 6.07) is 1.45. The Labute approximate surface area is 95.6 Å². The molecule has 2 nitrogen and oxygen atoms in total. The number of likely N-dealkylation sites (tertiary alicyclic amines) is 1. The predicted molar refractivity (Wildman–Crippen MR) is 67.2 cm³/mol. The fraction of sp³-hybridized carbons (Fsp3) is 1.00. The Balaban J connectivity index is 2.55. The Kier molecular flexibility index (Phi) is 4.19. The van der Waals surface area contributed by atoms with Crippen molar-refractivity contribution in [1.82, 2.24) is 9.80 Å². The van der Waals surface area contributed by atoms with E-state index in [0.717, 1.165) is 6.04 Å². The van der Waals surface area contributed by atoms with Crippen molar-refractivity contribution in [2.24, 2.45) is 0 Å². The van der Waals surface area contributed by atoms with Gasteiger partial charge < -0.3 is 0 Å². The van der Waals surface area contributed by atoms with Crippen LogP contribution in [0, 0.1) is 0 Å². The second-order valence-electron chi connectivity index (χ2n) is 5.98. The first kappa shape index (κ1) is 13.0. The van der Waals surface area contributed by atoms with E-state index in [1.807, 2.05) is 0 Å². The van der Waals surface area contributed by atoms with Gasteiger partial charge in [0.25, 0.3) is 0 Å². The Morgan fingerprint density at radius 3 is 2.27 bits per heavy atom. The highest BCUT2D eigenvalue weighted by atomic mass is 15.3. The van der Waals surface area contributed by atoms with Crippen LogP contribution in [-0.2, 0) is 0 Å². The molecule has 15 heavy (non-hydrogen) atoms. The fourth-order valence-electron chi connectivity index (χ4n) is 2.67. The summed E-state index contributed by atoms with van der Waals surface area (Å²) in [7, 11) is 0. The molecule has 90 valence electrons. The maximum atomic E-state index is 2.63. The van der Waals surface area contributed by atoms with E-state index in [0.29, 0.717) is 11.6 Å². The lowest BCUT2D eigenvalue weighted by Gasteiger charge is -2.35. The molecule has 0 aromatic heterocycles. The lowest BCUT2D eigenvalue weighted by Crippen LogP contribution is -2.45. The molecule has 0 amide bonds. The zero-order valence-corrected chi connectivity index (χ0v) is 11.4. The molecule has 1 heterocycles. The van der Waals surface area contributed by atoms with E-state index in [2.05, 4.69) is 51.3 Å². The molecule has 0 aliphatic carbocycles. The van der Waals surface area contributed by atoms with Crippen LogP contribution in [-0.4, -0.2) is 47.1 Å². The SMILES string of the molecule is CCN(C(C)C)C1CCN(C(C)(C)C)C1. The molecule has 0 aromatic rings. The molecule has 0 bridgehead atoms. The normalized spacial score (nSPS) is 24.4. The molecule has 1 unspecified atom stereocenters. The summed E-state index contributed by atoms with van der Waals surface area (Å²) in [5.74, 6) is 0. The minimum Gasteiger partial charge on any atom is -0.297 e. The van der Waals surface area contributed by atoms with E-state index in [4.69, 9.17) is 0 Å². The summed E-state index contributed by atoms with van der Waals surface area (Å²) in [5, 5.41) is 0. The van der Waals surface area contributed by atoms with Crippen molar-refractivity contribution in [3.05, 3.63) is 0 Å². The van der Waals surface area contributed by atoms with Crippen LogP contribution in [0.2, 0.25) is 0 Å². The van der Waals surface area contributed by atoms with Crippen molar-refractivity contribution in [3.8, 4) is 0 Å². The summed E-state index contributed by atoms with van der Waals surface area (Å²) in [4.78, 5) is 5.24. The highest BCUT2D eigenvalue weighted by Crippen LogP contribution is 2.24. The van der Waals surface area contributed by atoms with Gasteiger partial charge in [0.2, 0.25) is 0 Å².